The normalized spacial score (nSPS) is 10.8. The Labute approximate surface area is 156 Å². The van der Waals surface area contributed by atoms with Crippen LogP contribution in [0.5, 0.6) is 11.5 Å². The second-order valence-electron chi connectivity index (χ2n) is 5.44. The minimum absolute atomic E-state index is 0.147. The molecule has 0 bridgehead atoms. The third kappa shape index (κ3) is 4.32. The van der Waals surface area contributed by atoms with Gasteiger partial charge in [0.05, 0.1) is 13.3 Å². The number of methoxy groups -OCH3 is 1. The molecule has 0 aliphatic rings. The highest BCUT2D eigenvalue weighted by Crippen LogP contribution is 2.26. The fraction of sp³-hybridized carbons (Fsp3) is 0.100. The number of halogens is 1. The van der Waals surface area contributed by atoms with Crippen molar-refractivity contribution in [2.45, 2.75) is 0 Å². The topological polar surface area (TPSA) is 59.9 Å². The van der Waals surface area contributed by atoms with E-state index in [1.807, 2.05) is 36.4 Å². The Morgan fingerprint density at radius 1 is 1.12 bits per heavy atom. The fourth-order valence-electron chi connectivity index (χ4n) is 2.47. The molecule has 3 aromatic carbocycles. The van der Waals surface area contributed by atoms with Gasteiger partial charge in [-0.3, -0.25) is 4.79 Å². The zero-order valence-electron chi connectivity index (χ0n) is 14.1. The lowest BCUT2D eigenvalue weighted by atomic mass is 10.0. The van der Waals surface area contributed by atoms with Gasteiger partial charge in [0.25, 0.3) is 5.91 Å². The number of rotatable bonds is 6. The molecular weight excluding hydrogens is 352 g/mol. The molecule has 1 N–H and O–H groups in total. The summed E-state index contributed by atoms with van der Waals surface area (Å²) in [5, 5.41) is 6.68. The number of nitrogens with zero attached hydrogens (tertiary/aromatic N) is 1. The number of hydrogen-bond donors (Lipinski definition) is 1. The summed E-state index contributed by atoms with van der Waals surface area (Å²) < 4.78 is 10.8. The first kappa shape index (κ1) is 17.8. The van der Waals surface area contributed by atoms with Crippen LogP contribution in [0.3, 0.4) is 0 Å². The van der Waals surface area contributed by atoms with E-state index in [9.17, 15) is 4.79 Å². The van der Waals surface area contributed by atoms with Gasteiger partial charge < -0.3 is 9.47 Å². The molecule has 26 heavy (non-hydrogen) atoms. The molecule has 132 valence electrons. The molecule has 0 atom stereocenters. The van der Waals surface area contributed by atoms with E-state index in [0.29, 0.717) is 16.5 Å². The second kappa shape index (κ2) is 8.36. The molecule has 3 rings (SSSR count). The Bertz CT molecular complexity index is 939. The Morgan fingerprint density at radius 2 is 1.88 bits per heavy atom. The van der Waals surface area contributed by atoms with Crippen LogP contribution in [0.15, 0.2) is 65.8 Å². The van der Waals surface area contributed by atoms with Crippen molar-refractivity contribution in [1.29, 1.82) is 0 Å². The number of nitrogens with one attached hydrogen (secondary N) is 1. The molecule has 0 radical (unpaired) electrons. The number of benzene rings is 3. The van der Waals surface area contributed by atoms with Gasteiger partial charge in [0.15, 0.2) is 6.61 Å². The van der Waals surface area contributed by atoms with Gasteiger partial charge in [-0.1, -0.05) is 41.9 Å². The van der Waals surface area contributed by atoms with Crippen LogP contribution in [0, 0.1) is 0 Å². The van der Waals surface area contributed by atoms with Crippen molar-refractivity contribution < 1.29 is 14.3 Å². The van der Waals surface area contributed by atoms with Crippen molar-refractivity contribution in [3.63, 3.8) is 0 Å². The summed E-state index contributed by atoms with van der Waals surface area (Å²) in [5.74, 6) is 0.874. The summed E-state index contributed by atoms with van der Waals surface area (Å²) in [7, 11) is 1.60. The molecular formula is C20H17ClN2O3. The number of hydrazone groups is 1. The first-order valence-electron chi connectivity index (χ1n) is 7.93. The maximum Gasteiger partial charge on any atom is 0.277 e. The largest absolute Gasteiger partial charge is 0.496 e. The number of ether oxygens (including phenoxy) is 2. The number of carbonyl (C=O) groups excluding carboxylic acids is 1. The van der Waals surface area contributed by atoms with Crippen molar-refractivity contribution in [3.8, 4) is 11.5 Å². The summed E-state index contributed by atoms with van der Waals surface area (Å²) in [6.45, 7) is -0.147. The van der Waals surface area contributed by atoms with Gasteiger partial charge in [-0.05, 0) is 41.1 Å². The molecule has 0 heterocycles. The Balaban J connectivity index is 1.65. The van der Waals surface area contributed by atoms with E-state index in [2.05, 4.69) is 10.5 Å². The molecule has 3 aromatic rings. The monoisotopic (exact) mass is 368 g/mol. The van der Waals surface area contributed by atoms with Crippen LogP contribution in [-0.2, 0) is 4.79 Å². The molecule has 0 saturated carbocycles. The van der Waals surface area contributed by atoms with Gasteiger partial charge >= 0.3 is 0 Å². The molecule has 0 unspecified atom stereocenters. The summed E-state index contributed by atoms with van der Waals surface area (Å²) in [6, 6.07) is 18.5. The first-order chi connectivity index (χ1) is 12.7. The average Bonchev–Trinajstić information content (AvgIpc) is 2.67. The predicted molar refractivity (Wildman–Crippen MR) is 103 cm³/mol. The zero-order valence-corrected chi connectivity index (χ0v) is 14.9. The molecule has 5 nitrogen and oxygen atoms in total. The highest BCUT2D eigenvalue weighted by atomic mass is 35.5. The van der Waals surface area contributed by atoms with Crippen LogP contribution < -0.4 is 14.9 Å². The molecule has 0 aliphatic heterocycles. The summed E-state index contributed by atoms with van der Waals surface area (Å²) in [6.07, 6.45) is 1.57. The minimum Gasteiger partial charge on any atom is -0.496 e. The van der Waals surface area contributed by atoms with Crippen LogP contribution in [0.25, 0.3) is 10.8 Å². The smallest absolute Gasteiger partial charge is 0.277 e. The van der Waals surface area contributed by atoms with Gasteiger partial charge in [-0.15, -0.1) is 0 Å². The standard InChI is InChI=1S/C20H17ClN2O3/c1-25-19-11-6-14-4-2-3-5-17(14)18(19)12-22-23-20(24)13-26-16-9-7-15(21)8-10-16/h2-12H,13H2,1H3,(H,23,24)/b22-12-. The van der Waals surface area contributed by atoms with Gasteiger partial charge in [0, 0.05) is 10.6 Å². The van der Waals surface area contributed by atoms with Gasteiger partial charge in [0.1, 0.15) is 11.5 Å². The van der Waals surface area contributed by atoms with E-state index in [1.54, 1.807) is 37.6 Å². The lowest BCUT2D eigenvalue weighted by Crippen LogP contribution is -2.24. The van der Waals surface area contributed by atoms with Crippen LogP contribution >= 0.6 is 11.6 Å². The maximum atomic E-state index is 11.9. The van der Waals surface area contributed by atoms with Crippen molar-refractivity contribution in [3.05, 3.63) is 71.2 Å². The van der Waals surface area contributed by atoms with E-state index >= 15 is 0 Å². The number of fused-ring (bicyclic) bond motifs is 1. The Hall–Kier alpha value is -3.05. The quantitative estimate of drug-likeness (QED) is 0.528. The highest BCUT2D eigenvalue weighted by molar-refractivity contribution is 6.30. The zero-order chi connectivity index (χ0) is 18.4. The fourth-order valence-corrected chi connectivity index (χ4v) is 2.59. The van der Waals surface area contributed by atoms with E-state index in [4.69, 9.17) is 21.1 Å². The third-order valence-electron chi connectivity index (χ3n) is 3.72. The number of carbonyl (C=O) groups is 1. The summed E-state index contributed by atoms with van der Waals surface area (Å²) in [5.41, 5.74) is 3.25. The molecule has 0 aliphatic carbocycles. The summed E-state index contributed by atoms with van der Waals surface area (Å²) in [4.78, 5) is 11.9. The van der Waals surface area contributed by atoms with Crippen molar-refractivity contribution in [2.24, 2.45) is 5.10 Å². The highest BCUT2D eigenvalue weighted by Gasteiger charge is 2.06. The van der Waals surface area contributed by atoms with Crippen molar-refractivity contribution in [1.82, 2.24) is 5.43 Å². The van der Waals surface area contributed by atoms with Crippen LogP contribution in [0.1, 0.15) is 5.56 Å². The molecule has 0 aromatic heterocycles. The van der Waals surface area contributed by atoms with E-state index in [-0.39, 0.29) is 12.5 Å². The van der Waals surface area contributed by atoms with E-state index in [0.717, 1.165) is 16.3 Å². The number of amides is 1. The lowest BCUT2D eigenvalue weighted by Gasteiger charge is -2.08. The Morgan fingerprint density at radius 3 is 2.65 bits per heavy atom. The first-order valence-corrected chi connectivity index (χ1v) is 8.31. The van der Waals surface area contributed by atoms with Crippen LogP contribution in [-0.4, -0.2) is 25.8 Å². The number of hydrogen-bond acceptors (Lipinski definition) is 4. The van der Waals surface area contributed by atoms with E-state index < -0.39 is 0 Å². The maximum absolute atomic E-state index is 11.9. The van der Waals surface area contributed by atoms with Crippen LogP contribution in [0.4, 0.5) is 0 Å². The van der Waals surface area contributed by atoms with Crippen LogP contribution in [0.2, 0.25) is 5.02 Å². The van der Waals surface area contributed by atoms with Crippen molar-refractivity contribution >= 4 is 34.5 Å². The van der Waals surface area contributed by atoms with E-state index in [1.165, 1.54) is 0 Å². The van der Waals surface area contributed by atoms with Gasteiger partial charge in [-0.25, -0.2) is 5.43 Å². The molecule has 0 saturated heterocycles. The third-order valence-corrected chi connectivity index (χ3v) is 3.97. The molecule has 0 fully saturated rings. The average molecular weight is 369 g/mol. The second-order valence-corrected chi connectivity index (χ2v) is 5.87. The SMILES string of the molecule is COc1ccc2ccccc2c1/C=N\NC(=O)COc1ccc(Cl)cc1. The van der Waals surface area contributed by atoms with Gasteiger partial charge in [0.2, 0.25) is 0 Å². The minimum atomic E-state index is -0.365. The summed E-state index contributed by atoms with van der Waals surface area (Å²) >= 11 is 5.80. The Kier molecular flexibility index (Phi) is 5.71. The molecule has 1 amide bonds. The van der Waals surface area contributed by atoms with Gasteiger partial charge in [-0.2, -0.15) is 5.10 Å². The lowest BCUT2D eigenvalue weighted by molar-refractivity contribution is -0.123. The molecule has 0 spiro atoms. The molecule has 6 heteroatoms. The van der Waals surface area contributed by atoms with Crippen molar-refractivity contribution in [2.75, 3.05) is 13.7 Å². The predicted octanol–water partition coefficient (Wildman–Crippen LogP) is 4.03.